The van der Waals surface area contributed by atoms with E-state index < -0.39 is 22.2 Å². The number of hydrogen-bond acceptors (Lipinski definition) is 5. The number of halogens is 2. The van der Waals surface area contributed by atoms with Gasteiger partial charge in [0.15, 0.2) is 11.6 Å². The van der Waals surface area contributed by atoms with Gasteiger partial charge in [-0.2, -0.15) is 11.8 Å². The fourth-order valence-corrected chi connectivity index (χ4v) is 3.98. The van der Waals surface area contributed by atoms with Crippen LogP contribution in [-0.2, 0) is 0 Å². The molecule has 2 rings (SSSR count). The van der Waals surface area contributed by atoms with Crippen molar-refractivity contribution in [3.8, 4) is 0 Å². The van der Waals surface area contributed by atoms with Crippen molar-refractivity contribution in [2.24, 2.45) is 0 Å². The molecule has 1 saturated heterocycles. The van der Waals surface area contributed by atoms with Crippen LogP contribution in [0.4, 0.5) is 20.2 Å². The van der Waals surface area contributed by atoms with Crippen LogP contribution in [0.5, 0.6) is 0 Å². The molecule has 1 aliphatic rings. The molecule has 0 aliphatic carbocycles. The maximum Gasteiger partial charge on any atom is 0.275 e. The van der Waals surface area contributed by atoms with Crippen LogP contribution in [0.2, 0.25) is 0 Å². The van der Waals surface area contributed by atoms with Gasteiger partial charge < -0.3 is 4.90 Å². The van der Waals surface area contributed by atoms with E-state index in [4.69, 9.17) is 0 Å². The number of benzene rings is 1. The quantitative estimate of drug-likeness (QED) is 0.546. The number of thioether (sulfide) groups is 1. The van der Waals surface area contributed by atoms with Gasteiger partial charge in [-0.15, -0.1) is 0 Å². The molecule has 1 aliphatic heterocycles. The predicted octanol–water partition coefficient (Wildman–Crippen LogP) is 4.55. The number of nitro benzene ring substituents is 1. The van der Waals surface area contributed by atoms with Crippen LogP contribution in [0.1, 0.15) is 34.6 Å². The van der Waals surface area contributed by atoms with E-state index in [1.165, 1.54) is 0 Å². The highest BCUT2D eigenvalue weighted by molar-refractivity contribution is 7.99. The lowest BCUT2D eigenvalue weighted by Crippen LogP contribution is -2.36. The van der Waals surface area contributed by atoms with E-state index in [-0.39, 0.29) is 5.69 Å². The Kier molecular flexibility index (Phi) is 9.29. The molecule has 148 valence electrons. The monoisotopic (exact) mass is 389 g/mol. The molecule has 0 spiro atoms. The summed E-state index contributed by atoms with van der Waals surface area (Å²) in [5.74, 6) is -0.140. The van der Waals surface area contributed by atoms with Gasteiger partial charge in [-0.1, -0.05) is 6.92 Å². The fraction of sp³-hybridized carbons (Fsp3) is 0.667. The number of hydrogen-bond donors (Lipinski definition) is 0. The molecule has 0 bridgehead atoms. The summed E-state index contributed by atoms with van der Waals surface area (Å²) in [7, 11) is 0. The number of rotatable bonds is 5. The van der Waals surface area contributed by atoms with Gasteiger partial charge in [-0.3, -0.25) is 15.0 Å². The van der Waals surface area contributed by atoms with Crippen molar-refractivity contribution in [1.29, 1.82) is 0 Å². The molecule has 0 saturated carbocycles. The summed E-state index contributed by atoms with van der Waals surface area (Å²) >= 11 is 1.72. The lowest BCUT2D eigenvalue weighted by molar-refractivity contribution is -0.385. The molecular weight excluding hydrogens is 360 g/mol. The molecule has 0 unspecified atom stereocenters. The molecule has 1 aromatic carbocycles. The van der Waals surface area contributed by atoms with Crippen LogP contribution in [0.25, 0.3) is 0 Å². The van der Waals surface area contributed by atoms with Crippen LogP contribution >= 0.6 is 11.8 Å². The smallest absolute Gasteiger partial charge is 0.275 e. The molecule has 5 nitrogen and oxygen atoms in total. The van der Waals surface area contributed by atoms with Crippen molar-refractivity contribution < 1.29 is 13.7 Å². The highest BCUT2D eigenvalue weighted by atomic mass is 32.2. The average molecular weight is 390 g/mol. The first-order chi connectivity index (χ1) is 12.2. The summed E-state index contributed by atoms with van der Waals surface area (Å²) in [6.45, 7) is 13.4. The van der Waals surface area contributed by atoms with Gasteiger partial charge in [0.2, 0.25) is 0 Å². The lowest BCUT2D eigenvalue weighted by atomic mass is 10.2. The minimum absolute atomic E-state index is 0.157. The molecule has 1 heterocycles. The molecule has 0 atom stereocenters. The van der Waals surface area contributed by atoms with Crippen molar-refractivity contribution in [1.82, 2.24) is 4.90 Å². The van der Waals surface area contributed by atoms with Crippen LogP contribution in [0.3, 0.4) is 0 Å². The first kappa shape index (κ1) is 22.6. The number of nitro groups is 1. The molecule has 26 heavy (non-hydrogen) atoms. The SMILES string of the molecule is CCN(C(C)C)C(C)C.O=[N+]([O-])c1cc(F)c(N2CCSCC2)c(F)c1. The van der Waals surface area contributed by atoms with E-state index >= 15 is 0 Å². The van der Waals surface area contributed by atoms with Gasteiger partial charge in [0.1, 0.15) is 5.69 Å². The van der Waals surface area contributed by atoms with Gasteiger partial charge in [0, 0.05) is 36.7 Å². The van der Waals surface area contributed by atoms with Crippen LogP contribution in [0, 0.1) is 21.7 Å². The third-order valence-electron chi connectivity index (χ3n) is 4.23. The minimum Gasteiger partial charge on any atom is -0.365 e. The number of nitrogens with zero attached hydrogens (tertiary/aromatic N) is 3. The van der Waals surface area contributed by atoms with Crippen LogP contribution < -0.4 is 4.90 Å². The van der Waals surface area contributed by atoms with Gasteiger partial charge >= 0.3 is 0 Å². The normalized spacial score (nSPS) is 14.6. The van der Waals surface area contributed by atoms with Crippen molar-refractivity contribution in [2.45, 2.75) is 46.7 Å². The van der Waals surface area contributed by atoms with Crippen molar-refractivity contribution >= 4 is 23.1 Å². The van der Waals surface area contributed by atoms with Gasteiger partial charge in [0.25, 0.3) is 5.69 Å². The third kappa shape index (κ3) is 6.39. The first-order valence-electron chi connectivity index (χ1n) is 8.90. The second-order valence-electron chi connectivity index (χ2n) is 6.63. The zero-order chi connectivity index (χ0) is 19.9. The van der Waals surface area contributed by atoms with E-state index in [0.29, 0.717) is 25.2 Å². The summed E-state index contributed by atoms with van der Waals surface area (Å²) in [5.41, 5.74) is -0.717. The Morgan fingerprint density at radius 1 is 1.15 bits per heavy atom. The summed E-state index contributed by atoms with van der Waals surface area (Å²) in [4.78, 5) is 13.7. The minimum atomic E-state index is -0.872. The Morgan fingerprint density at radius 3 is 1.92 bits per heavy atom. The molecule has 0 radical (unpaired) electrons. The second kappa shape index (κ2) is 10.7. The Morgan fingerprint density at radius 2 is 1.62 bits per heavy atom. The second-order valence-corrected chi connectivity index (χ2v) is 7.86. The predicted molar refractivity (Wildman–Crippen MR) is 105 cm³/mol. The zero-order valence-electron chi connectivity index (χ0n) is 16.2. The number of anilines is 1. The molecular formula is C18H29F2N3O2S. The maximum atomic E-state index is 13.7. The fourth-order valence-electron chi connectivity index (χ4n) is 3.07. The van der Waals surface area contributed by atoms with Crippen molar-refractivity contribution in [2.75, 3.05) is 36.0 Å². The topological polar surface area (TPSA) is 49.6 Å². The molecule has 1 aromatic rings. The van der Waals surface area contributed by atoms with E-state index in [1.54, 1.807) is 16.7 Å². The van der Waals surface area contributed by atoms with Gasteiger partial charge in [-0.25, -0.2) is 8.78 Å². The average Bonchev–Trinajstić information content (AvgIpc) is 2.55. The van der Waals surface area contributed by atoms with Crippen LogP contribution in [-0.4, -0.2) is 53.0 Å². The van der Waals surface area contributed by atoms with Gasteiger partial charge in [-0.05, 0) is 34.2 Å². The van der Waals surface area contributed by atoms with E-state index in [0.717, 1.165) is 30.2 Å². The van der Waals surface area contributed by atoms with Gasteiger partial charge in [0.05, 0.1) is 17.1 Å². The Balaban J connectivity index is 0.000000321. The molecule has 8 heteroatoms. The maximum absolute atomic E-state index is 13.7. The number of non-ortho nitro benzene ring substituents is 1. The first-order valence-corrected chi connectivity index (χ1v) is 10.1. The molecule has 0 amide bonds. The zero-order valence-corrected chi connectivity index (χ0v) is 17.0. The molecule has 0 aromatic heterocycles. The summed E-state index contributed by atoms with van der Waals surface area (Å²) in [6.07, 6.45) is 0. The molecule has 0 N–H and O–H groups in total. The third-order valence-corrected chi connectivity index (χ3v) is 5.17. The Labute approximate surface area is 158 Å². The highest BCUT2D eigenvalue weighted by Gasteiger charge is 2.22. The Bertz CT molecular complexity index is 563. The summed E-state index contributed by atoms with van der Waals surface area (Å²) < 4.78 is 27.3. The largest absolute Gasteiger partial charge is 0.365 e. The standard InChI is InChI=1S/C10H10F2N2O2S.C8H19N/c11-8-5-7(14(15)16)6-9(12)10(8)13-1-3-17-4-2-13;1-6-9(7(2)3)8(4)5/h5-6H,1-4H2;7-8H,6H2,1-5H3. The molecule has 1 fully saturated rings. The van der Waals surface area contributed by atoms with E-state index in [2.05, 4.69) is 39.5 Å². The van der Waals surface area contributed by atoms with E-state index in [1.807, 2.05) is 0 Å². The summed E-state index contributed by atoms with van der Waals surface area (Å²) in [6, 6.07) is 2.91. The van der Waals surface area contributed by atoms with E-state index in [9.17, 15) is 18.9 Å². The summed E-state index contributed by atoms with van der Waals surface area (Å²) in [5, 5.41) is 10.4. The lowest BCUT2D eigenvalue weighted by Gasteiger charge is -2.28. The van der Waals surface area contributed by atoms with Crippen molar-refractivity contribution in [3.05, 3.63) is 33.9 Å². The highest BCUT2D eigenvalue weighted by Crippen LogP contribution is 2.29. The van der Waals surface area contributed by atoms with Crippen molar-refractivity contribution in [3.63, 3.8) is 0 Å². The Hall–Kier alpha value is -1.41. The van der Waals surface area contributed by atoms with Crippen LogP contribution in [0.15, 0.2) is 12.1 Å².